The Hall–Kier alpha value is -1.09. The molecule has 1 N–H and O–H groups in total. The minimum Gasteiger partial charge on any atom is -0.378 e. The lowest BCUT2D eigenvalue weighted by atomic mass is 10.1. The van der Waals surface area contributed by atoms with Gasteiger partial charge in [-0.25, -0.2) is 0 Å². The summed E-state index contributed by atoms with van der Waals surface area (Å²) in [4.78, 5) is 4.11. The van der Waals surface area contributed by atoms with Crippen molar-refractivity contribution < 1.29 is 4.74 Å². The summed E-state index contributed by atoms with van der Waals surface area (Å²) in [6.45, 7) is 5.05. The van der Waals surface area contributed by atoms with E-state index in [1.54, 1.807) is 0 Å². The Morgan fingerprint density at radius 3 is 3.07 bits per heavy atom. The Balaban J connectivity index is 2.07. The molecule has 0 saturated carbocycles. The molecule has 3 heteroatoms. The molecular formula is C11H16N2O. The van der Waals surface area contributed by atoms with Crippen molar-refractivity contribution in [1.82, 2.24) is 4.98 Å². The van der Waals surface area contributed by atoms with Crippen LogP contribution in [0, 0.1) is 6.92 Å². The molecule has 2 atom stereocenters. The van der Waals surface area contributed by atoms with Crippen molar-refractivity contribution in [1.29, 1.82) is 0 Å². The highest BCUT2D eigenvalue weighted by atomic mass is 16.5. The average molecular weight is 192 g/mol. The average Bonchev–Trinajstić information content (AvgIpc) is 2.56. The molecule has 0 bridgehead atoms. The fraction of sp³-hybridized carbons (Fsp3) is 0.545. The summed E-state index contributed by atoms with van der Waals surface area (Å²) in [5, 5.41) is 3.47. The molecule has 1 aromatic rings. The standard InChI is InChI=1S/C11H16N2O/c1-8-3-5-12-7-11(8)13-10-4-6-14-9(10)2/h3,5,7,9-10,13H,4,6H2,1-2H3/t9-,10-/m0/s1. The van der Waals surface area contributed by atoms with Gasteiger partial charge in [-0.15, -0.1) is 0 Å². The number of ether oxygens (including phenoxy) is 1. The number of anilines is 1. The molecule has 1 saturated heterocycles. The topological polar surface area (TPSA) is 34.2 Å². The Morgan fingerprint density at radius 1 is 1.57 bits per heavy atom. The molecule has 0 aromatic carbocycles. The summed E-state index contributed by atoms with van der Waals surface area (Å²) in [5.41, 5.74) is 2.36. The van der Waals surface area contributed by atoms with Crippen LogP contribution in [0.2, 0.25) is 0 Å². The van der Waals surface area contributed by atoms with E-state index in [0.29, 0.717) is 12.1 Å². The number of rotatable bonds is 2. The molecular weight excluding hydrogens is 176 g/mol. The van der Waals surface area contributed by atoms with Crippen LogP contribution in [-0.4, -0.2) is 23.7 Å². The molecule has 2 rings (SSSR count). The van der Waals surface area contributed by atoms with Crippen molar-refractivity contribution in [3.63, 3.8) is 0 Å². The van der Waals surface area contributed by atoms with Crippen LogP contribution in [0.4, 0.5) is 5.69 Å². The summed E-state index contributed by atoms with van der Waals surface area (Å²) >= 11 is 0. The lowest BCUT2D eigenvalue weighted by molar-refractivity contribution is 0.121. The molecule has 1 aliphatic heterocycles. The summed E-state index contributed by atoms with van der Waals surface area (Å²) in [6, 6.07) is 2.45. The van der Waals surface area contributed by atoms with E-state index in [4.69, 9.17) is 4.74 Å². The molecule has 1 fully saturated rings. The fourth-order valence-corrected chi connectivity index (χ4v) is 1.74. The number of nitrogens with one attached hydrogen (secondary N) is 1. The van der Waals surface area contributed by atoms with E-state index in [1.807, 2.05) is 18.5 Å². The van der Waals surface area contributed by atoms with Crippen molar-refractivity contribution >= 4 is 5.69 Å². The number of hydrogen-bond acceptors (Lipinski definition) is 3. The van der Waals surface area contributed by atoms with Crippen molar-refractivity contribution in [3.8, 4) is 0 Å². The van der Waals surface area contributed by atoms with Crippen LogP contribution in [0.25, 0.3) is 0 Å². The van der Waals surface area contributed by atoms with Crippen LogP contribution in [0.5, 0.6) is 0 Å². The Morgan fingerprint density at radius 2 is 2.43 bits per heavy atom. The van der Waals surface area contributed by atoms with Gasteiger partial charge in [0.25, 0.3) is 0 Å². The maximum atomic E-state index is 5.49. The molecule has 0 radical (unpaired) electrons. The number of pyridine rings is 1. The van der Waals surface area contributed by atoms with Gasteiger partial charge in [0.05, 0.1) is 24.0 Å². The molecule has 0 spiro atoms. The van der Waals surface area contributed by atoms with Crippen LogP contribution in [-0.2, 0) is 4.74 Å². The van der Waals surface area contributed by atoms with Crippen LogP contribution in [0.3, 0.4) is 0 Å². The number of aryl methyl sites for hydroxylation is 1. The van der Waals surface area contributed by atoms with Gasteiger partial charge in [-0.1, -0.05) is 0 Å². The van der Waals surface area contributed by atoms with Gasteiger partial charge in [-0.3, -0.25) is 4.98 Å². The predicted molar refractivity (Wildman–Crippen MR) is 56.4 cm³/mol. The van der Waals surface area contributed by atoms with Crippen LogP contribution < -0.4 is 5.32 Å². The van der Waals surface area contributed by atoms with Gasteiger partial charge in [0, 0.05) is 12.8 Å². The van der Waals surface area contributed by atoms with E-state index in [1.165, 1.54) is 5.56 Å². The molecule has 0 amide bonds. The molecule has 76 valence electrons. The first-order chi connectivity index (χ1) is 6.77. The lowest BCUT2D eigenvalue weighted by Crippen LogP contribution is -2.27. The second kappa shape index (κ2) is 3.96. The third-order valence-electron chi connectivity index (χ3n) is 2.76. The zero-order valence-electron chi connectivity index (χ0n) is 8.66. The molecule has 14 heavy (non-hydrogen) atoms. The van der Waals surface area contributed by atoms with Gasteiger partial charge in [-0.2, -0.15) is 0 Å². The van der Waals surface area contributed by atoms with Gasteiger partial charge in [0.2, 0.25) is 0 Å². The van der Waals surface area contributed by atoms with Crippen molar-refractivity contribution in [2.24, 2.45) is 0 Å². The van der Waals surface area contributed by atoms with E-state index in [0.717, 1.165) is 18.7 Å². The Bertz CT molecular complexity index is 314. The first-order valence-corrected chi connectivity index (χ1v) is 5.06. The molecule has 1 aromatic heterocycles. The van der Waals surface area contributed by atoms with E-state index in [9.17, 15) is 0 Å². The van der Waals surface area contributed by atoms with E-state index in [-0.39, 0.29) is 0 Å². The lowest BCUT2D eigenvalue weighted by Gasteiger charge is -2.18. The van der Waals surface area contributed by atoms with Crippen molar-refractivity contribution in [3.05, 3.63) is 24.0 Å². The Labute approximate surface area is 84.5 Å². The minimum absolute atomic E-state index is 0.301. The highest BCUT2D eigenvalue weighted by Gasteiger charge is 2.24. The van der Waals surface area contributed by atoms with Gasteiger partial charge < -0.3 is 10.1 Å². The van der Waals surface area contributed by atoms with Crippen LogP contribution >= 0.6 is 0 Å². The molecule has 0 aliphatic carbocycles. The second-order valence-corrected chi connectivity index (χ2v) is 3.81. The highest BCUT2D eigenvalue weighted by molar-refractivity contribution is 5.49. The van der Waals surface area contributed by atoms with Crippen LogP contribution in [0.1, 0.15) is 18.9 Å². The zero-order valence-corrected chi connectivity index (χ0v) is 8.66. The third-order valence-corrected chi connectivity index (χ3v) is 2.76. The van der Waals surface area contributed by atoms with Gasteiger partial charge in [0.1, 0.15) is 0 Å². The summed E-state index contributed by atoms with van der Waals surface area (Å²) < 4.78 is 5.49. The molecule has 3 nitrogen and oxygen atoms in total. The summed E-state index contributed by atoms with van der Waals surface area (Å²) in [7, 11) is 0. The number of aromatic nitrogens is 1. The maximum Gasteiger partial charge on any atom is 0.0748 e. The monoisotopic (exact) mass is 192 g/mol. The number of hydrogen-bond donors (Lipinski definition) is 1. The van der Waals surface area contributed by atoms with Crippen LogP contribution in [0.15, 0.2) is 18.5 Å². The first kappa shape index (κ1) is 9.46. The fourth-order valence-electron chi connectivity index (χ4n) is 1.74. The minimum atomic E-state index is 0.301. The molecule has 1 aliphatic rings. The van der Waals surface area contributed by atoms with E-state index in [2.05, 4.69) is 24.1 Å². The largest absolute Gasteiger partial charge is 0.378 e. The highest BCUT2D eigenvalue weighted by Crippen LogP contribution is 2.20. The van der Waals surface area contributed by atoms with Gasteiger partial charge >= 0.3 is 0 Å². The van der Waals surface area contributed by atoms with Gasteiger partial charge in [0.15, 0.2) is 0 Å². The summed E-state index contributed by atoms with van der Waals surface area (Å²) in [6.07, 6.45) is 5.07. The maximum absolute atomic E-state index is 5.49. The third kappa shape index (κ3) is 1.87. The van der Waals surface area contributed by atoms with Crippen molar-refractivity contribution in [2.75, 3.05) is 11.9 Å². The second-order valence-electron chi connectivity index (χ2n) is 3.81. The van der Waals surface area contributed by atoms with E-state index >= 15 is 0 Å². The Kier molecular flexibility index (Phi) is 2.68. The number of nitrogens with zero attached hydrogens (tertiary/aromatic N) is 1. The molecule has 2 heterocycles. The summed E-state index contributed by atoms with van der Waals surface area (Å²) in [5.74, 6) is 0. The smallest absolute Gasteiger partial charge is 0.0748 e. The quantitative estimate of drug-likeness (QED) is 0.778. The van der Waals surface area contributed by atoms with Gasteiger partial charge in [-0.05, 0) is 31.9 Å². The zero-order chi connectivity index (χ0) is 9.97. The normalized spacial score (nSPS) is 26.4. The van der Waals surface area contributed by atoms with E-state index < -0.39 is 0 Å². The molecule has 0 unspecified atom stereocenters. The van der Waals surface area contributed by atoms with Crippen molar-refractivity contribution in [2.45, 2.75) is 32.4 Å². The predicted octanol–water partition coefficient (Wildman–Crippen LogP) is 1.98. The first-order valence-electron chi connectivity index (χ1n) is 5.06. The SMILES string of the molecule is Cc1ccncc1N[C@H]1CCO[C@H]1C.